The number of aromatic nitrogens is 2. The number of hydrogen-bond acceptors (Lipinski definition) is 5. The van der Waals surface area contributed by atoms with Crippen LogP contribution in [0.4, 0.5) is 11.6 Å². The van der Waals surface area contributed by atoms with Gasteiger partial charge in [-0.3, -0.25) is 4.79 Å². The van der Waals surface area contributed by atoms with Crippen LogP contribution in [0.2, 0.25) is 0 Å². The standard InChI is InChI=1S/C20H24N4O2/c1-14-4-2-3-5-17(14)22-19(25)15-6-7-18-16(12-15)13-21-20(23-18)24-8-10-26-11-9-24/h2-5,13,15H,6-12H2,1H3,(H,22,25)/t15-/m0/s1. The van der Waals surface area contributed by atoms with Crippen molar-refractivity contribution in [1.82, 2.24) is 9.97 Å². The predicted octanol–water partition coefficient (Wildman–Crippen LogP) is 2.37. The van der Waals surface area contributed by atoms with Crippen LogP contribution in [0.1, 0.15) is 23.2 Å². The Morgan fingerprint density at radius 3 is 2.88 bits per heavy atom. The Balaban J connectivity index is 1.44. The Bertz CT molecular complexity index is 802. The van der Waals surface area contributed by atoms with E-state index in [1.807, 2.05) is 37.4 Å². The van der Waals surface area contributed by atoms with E-state index < -0.39 is 0 Å². The van der Waals surface area contributed by atoms with Crippen molar-refractivity contribution in [3.05, 3.63) is 47.3 Å². The van der Waals surface area contributed by atoms with Crippen molar-refractivity contribution in [2.45, 2.75) is 26.2 Å². The second kappa shape index (κ2) is 7.41. The van der Waals surface area contributed by atoms with Crippen LogP contribution in [-0.4, -0.2) is 42.2 Å². The highest BCUT2D eigenvalue weighted by atomic mass is 16.5. The zero-order valence-electron chi connectivity index (χ0n) is 15.1. The summed E-state index contributed by atoms with van der Waals surface area (Å²) in [4.78, 5) is 24.1. The highest BCUT2D eigenvalue weighted by molar-refractivity contribution is 5.93. The van der Waals surface area contributed by atoms with Crippen LogP contribution >= 0.6 is 0 Å². The molecule has 1 N–H and O–H groups in total. The molecule has 2 aromatic rings. The maximum absolute atomic E-state index is 12.7. The predicted molar refractivity (Wildman–Crippen MR) is 100 cm³/mol. The molecule has 0 radical (unpaired) electrons. The first-order valence-electron chi connectivity index (χ1n) is 9.24. The van der Waals surface area contributed by atoms with Gasteiger partial charge in [-0.05, 0) is 43.4 Å². The molecule has 136 valence electrons. The topological polar surface area (TPSA) is 67.4 Å². The first-order chi connectivity index (χ1) is 12.7. The molecule has 6 nitrogen and oxygen atoms in total. The third-order valence-corrected chi connectivity index (χ3v) is 5.21. The smallest absolute Gasteiger partial charge is 0.227 e. The number of aryl methyl sites for hydroxylation is 2. The quantitative estimate of drug-likeness (QED) is 0.918. The average molecular weight is 352 g/mol. The molecule has 1 aliphatic carbocycles. The van der Waals surface area contributed by atoms with E-state index >= 15 is 0 Å². The molecule has 1 amide bonds. The Kier molecular flexibility index (Phi) is 4.84. The molecule has 1 aromatic heterocycles. The van der Waals surface area contributed by atoms with E-state index in [4.69, 9.17) is 9.72 Å². The third kappa shape index (κ3) is 3.55. The summed E-state index contributed by atoms with van der Waals surface area (Å²) >= 11 is 0. The fraction of sp³-hybridized carbons (Fsp3) is 0.450. The van der Waals surface area contributed by atoms with Crippen LogP contribution in [0.3, 0.4) is 0 Å². The van der Waals surface area contributed by atoms with Crippen molar-refractivity contribution in [2.24, 2.45) is 5.92 Å². The third-order valence-electron chi connectivity index (χ3n) is 5.21. The SMILES string of the molecule is Cc1ccccc1NC(=O)[C@H]1CCc2nc(N3CCOCC3)ncc2C1. The van der Waals surface area contributed by atoms with Gasteiger partial charge >= 0.3 is 0 Å². The second-order valence-electron chi connectivity index (χ2n) is 6.99. The van der Waals surface area contributed by atoms with Gasteiger partial charge in [0.15, 0.2) is 0 Å². The van der Waals surface area contributed by atoms with Gasteiger partial charge in [-0.25, -0.2) is 9.97 Å². The van der Waals surface area contributed by atoms with E-state index in [-0.39, 0.29) is 11.8 Å². The van der Waals surface area contributed by atoms with Crippen molar-refractivity contribution in [3.8, 4) is 0 Å². The number of anilines is 2. The number of hydrogen-bond donors (Lipinski definition) is 1. The number of carbonyl (C=O) groups excluding carboxylic acids is 1. The number of benzene rings is 1. The lowest BCUT2D eigenvalue weighted by atomic mass is 9.86. The molecule has 2 heterocycles. The summed E-state index contributed by atoms with van der Waals surface area (Å²) in [5.74, 6) is 0.844. The van der Waals surface area contributed by atoms with Gasteiger partial charge in [0.2, 0.25) is 11.9 Å². The monoisotopic (exact) mass is 352 g/mol. The van der Waals surface area contributed by atoms with Gasteiger partial charge in [-0.1, -0.05) is 18.2 Å². The molecular weight excluding hydrogens is 328 g/mol. The van der Waals surface area contributed by atoms with Crippen molar-refractivity contribution >= 4 is 17.5 Å². The summed E-state index contributed by atoms with van der Waals surface area (Å²) in [5, 5.41) is 3.07. The Hall–Kier alpha value is -2.47. The first-order valence-corrected chi connectivity index (χ1v) is 9.24. The van der Waals surface area contributed by atoms with Gasteiger partial charge in [0, 0.05) is 36.6 Å². The number of amides is 1. The zero-order chi connectivity index (χ0) is 17.9. The number of para-hydroxylation sites is 1. The van der Waals surface area contributed by atoms with Crippen LogP contribution in [0.15, 0.2) is 30.5 Å². The number of nitrogens with zero attached hydrogens (tertiary/aromatic N) is 3. The largest absolute Gasteiger partial charge is 0.378 e. The second-order valence-corrected chi connectivity index (χ2v) is 6.99. The minimum absolute atomic E-state index is 0.0278. The average Bonchev–Trinajstić information content (AvgIpc) is 2.69. The Morgan fingerprint density at radius 1 is 1.27 bits per heavy atom. The van der Waals surface area contributed by atoms with E-state index in [0.29, 0.717) is 6.42 Å². The lowest BCUT2D eigenvalue weighted by molar-refractivity contribution is -0.120. The number of fused-ring (bicyclic) bond motifs is 1. The molecule has 0 bridgehead atoms. The molecule has 4 rings (SSSR count). The molecule has 1 atom stereocenters. The highest BCUT2D eigenvalue weighted by Gasteiger charge is 2.27. The van der Waals surface area contributed by atoms with Crippen LogP contribution in [-0.2, 0) is 22.4 Å². The van der Waals surface area contributed by atoms with Crippen LogP contribution in [0, 0.1) is 12.8 Å². The van der Waals surface area contributed by atoms with Crippen LogP contribution < -0.4 is 10.2 Å². The minimum atomic E-state index is -0.0278. The van der Waals surface area contributed by atoms with E-state index in [0.717, 1.165) is 67.6 Å². The molecule has 0 spiro atoms. The number of morpholine rings is 1. The van der Waals surface area contributed by atoms with Crippen molar-refractivity contribution in [1.29, 1.82) is 0 Å². The first kappa shape index (κ1) is 17.0. The molecule has 0 saturated carbocycles. The summed E-state index contributed by atoms with van der Waals surface area (Å²) in [7, 11) is 0. The van der Waals surface area contributed by atoms with E-state index in [2.05, 4.69) is 15.2 Å². The van der Waals surface area contributed by atoms with Gasteiger partial charge in [0.05, 0.1) is 13.2 Å². The fourth-order valence-electron chi connectivity index (χ4n) is 3.58. The molecule has 26 heavy (non-hydrogen) atoms. The molecular formula is C20H24N4O2. The summed E-state index contributed by atoms with van der Waals surface area (Å²) in [6.07, 6.45) is 4.25. The van der Waals surface area contributed by atoms with Gasteiger partial charge in [0.25, 0.3) is 0 Å². The van der Waals surface area contributed by atoms with Gasteiger partial charge < -0.3 is 15.0 Å². The van der Waals surface area contributed by atoms with Crippen molar-refractivity contribution in [3.63, 3.8) is 0 Å². The summed E-state index contributed by atoms with van der Waals surface area (Å²) in [6.45, 7) is 5.12. The molecule has 6 heteroatoms. The maximum atomic E-state index is 12.7. The van der Waals surface area contributed by atoms with Crippen molar-refractivity contribution in [2.75, 3.05) is 36.5 Å². The maximum Gasteiger partial charge on any atom is 0.227 e. The number of rotatable bonds is 3. The Labute approximate surface area is 153 Å². The number of ether oxygens (including phenoxy) is 1. The minimum Gasteiger partial charge on any atom is -0.378 e. The number of carbonyl (C=O) groups is 1. The fourth-order valence-corrected chi connectivity index (χ4v) is 3.58. The van der Waals surface area contributed by atoms with E-state index in [1.54, 1.807) is 0 Å². The van der Waals surface area contributed by atoms with E-state index in [9.17, 15) is 4.79 Å². The highest BCUT2D eigenvalue weighted by Crippen LogP contribution is 2.27. The van der Waals surface area contributed by atoms with E-state index in [1.165, 1.54) is 0 Å². The molecule has 0 unspecified atom stereocenters. The van der Waals surface area contributed by atoms with Crippen LogP contribution in [0.5, 0.6) is 0 Å². The lowest BCUT2D eigenvalue weighted by Gasteiger charge is -2.28. The Morgan fingerprint density at radius 2 is 2.08 bits per heavy atom. The van der Waals surface area contributed by atoms with Crippen molar-refractivity contribution < 1.29 is 9.53 Å². The van der Waals surface area contributed by atoms with Gasteiger partial charge in [0.1, 0.15) is 0 Å². The molecule has 2 aliphatic rings. The summed E-state index contributed by atoms with van der Waals surface area (Å²) in [5.41, 5.74) is 4.15. The van der Waals surface area contributed by atoms with Crippen LogP contribution in [0.25, 0.3) is 0 Å². The normalized spacial score (nSPS) is 19.7. The molecule has 1 saturated heterocycles. The summed E-state index contributed by atoms with van der Waals surface area (Å²) < 4.78 is 5.39. The summed E-state index contributed by atoms with van der Waals surface area (Å²) in [6, 6.07) is 7.87. The van der Waals surface area contributed by atoms with Gasteiger partial charge in [-0.2, -0.15) is 0 Å². The molecule has 1 aromatic carbocycles. The zero-order valence-corrected chi connectivity index (χ0v) is 15.1. The number of nitrogens with one attached hydrogen (secondary N) is 1. The lowest BCUT2D eigenvalue weighted by Crippen LogP contribution is -2.38. The molecule has 1 fully saturated rings. The molecule has 1 aliphatic heterocycles. The van der Waals surface area contributed by atoms with Gasteiger partial charge in [-0.15, -0.1) is 0 Å².